The average molecular weight is 261 g/mol. The Labute approximate surface area is 112 Å². The van der Waals surface area contributed by atoms with Crippen LogP contribution in [0.25, 0.3) is 0 Å². The highest BCUT2D eigenvalue weighted by Crippen LogP contribution is 2.16. The number of likely N-dealkylation sites (N-methyl/N-ethyl adjacent to an activating group) is 1. The van der Waals surface area contributed by atoms with Gasteiger partial charge < -0.3 is 10.2 Å². The molecule has 18 heavy (non-hydrogen) atoms. The van der Waals surface area contributed by atoms with Crippen LogP contribution in [0, 0.1) is 0 Å². The third kappa shape index (κ3) is 3.63. The lowest BCUT2D eigenvalue weighted by molar-refractivity contribution is 0.288. The monoisotopic (exact) mass is 261 g/mol. The molecule has 2 aromatic rings. The molecule has 1 unspecified atom stereocenters. The highest BCUT2D eigenvalue weighted by atomic mass is 32.1. The lowest BCUT2D eigenvalue weighted by atomic mass is 10.1. The second-order valence-corrected chi connectivity index (χ2v) is 5.43. The van der Waals surface area contributed by atoms with E-state index in [0.717, 1.165) is 18.1 Å². The zero-order valence-electron chi connectivity index (χ0n) is 10.8. The molecule has 4 heteroatoms. The van der Waals surface area contributed by atoms with Gasteiger partial charge in [-0.05, 0) is 19.7 Å². The zero-order valence-corrected chi connectivity index (χ0v) is 11.7. The molecule has 0 amide bonds. The molecule has 1 heterocycles. The Morgan fingerprint density at radius 3 is 2.67 bits per heavy atom. The van der Waals surface area contributed by atoms with Crippen LogP contribution in [0.1, 0.15) is 16.6 Å². The topological polar surface area (TPSA) is 28.2 Å². The molecule has 1 aromatic heterocycles. The fourth-order valence-corrected chi connectivity index (χ4v) is 2.52. The summed E-state index contributed by atoms with van der Waals surface area (Å²) in [4.78, 5) is 6.51. The van der Waals surface area contributed by atoms with Gasteiger partial charge >= 0.3 is 0 Å². The molecule has 1 atom stereocenters. The van der Waals surface area contributed by atoms with E-state index < -0.39 is 0 Å². The van der Waals surface area contributed by atoms with Gasteiger partial charge in [0.25, 0.3) is 0 Å². The van der Waals surface area contributed by atoms with Crippen molar-refractivity contribution in [2.75, 3.05) is 20.6 Å². The lowest BCUT2D eigenvalue weighted by Gasteiger charge is -2.25. The maximum Gasteiger partial charge on any atom is 0.106 e. The first kappa shape index (κ1) is 13.2. The van der Waals surface area contributed by atoms with E-state index in [-0.39, 0.29) is 0 Å². The maximum absolute atomic E-state index is 4.27. The summed E-state index contributed by atoms with van der Waals surface area (Å²) in [5.74, 6) is 0. The molecular formula is C14H19N3S. The van der Waals surface area contributed by atoms with Crippen molar-refractivity contribution in [3.63, 3.8) is 0 Å². The largest absolute Gasteiger partial charge is 0.309 e. The average Bonchev–Trinajstić information content (AvgIpc) is 2.88. The Bertz CT molecular complexity index is 439. The SMILES string of the molecule is CN(C)C(CNCc1nccs1)c1ccccc1. The van der Waals surface area contributed by atoms with Gasteiger partial charge in [-0.15, -0.1) is 11.3 Å². The maximum atomic E-state index is 4.27. The molecule has 1 aromatic carbocycles. The van der Waals surface area contributed by atoms with Crippen LogP contribution in [0.5, 0.6) is 0 Å². The standard InChI is InChI=1S/C14H19N3S/c1-17(2)13(12-6-4-3-5-7-12)10-15-11-14-16-8-9-18-14/h3-9,13,15H,10-11H2,1-2H3. The molecule has 0 aliphatic carbocycles. The first-order valence-electron chi connectivity index (χ1n) is 6.08. The van der Waals surface area contributed by atoms with Crippen molar-refractivity contribution >= 4 is 11.3 Å². The number of nitrogens with zero attached hydrogens (tertiary/aromatic N) is 2. The van der Waals surface area contributed by atoms with Gasteiger partial charge in [0.2, 0.25) is 0 Å². The molecule has 0 fully saturated rings. The minimum Gasteiger partial charge on any atom is -0.309 e. The first-order valence-corrected chi connectivity index (χ1v) is 6.96. The summed E-state index contributed by atoms with van der Waals surface area (Å²) < 4.78 is 0. The van der Waals surface area contributed by atoms with Crippen LogP contribution < -0.4 is 5.32 Å². The fourth-order valence-electron chi connectivity index (χ4n) is 1.93. The summed E-state index contributed by atoms with van der Waals surface area (Å²) in [5, 5.41) is 6.62. The van der Waals surface area contributed by atoms with E-state index in [2.05, 4.69) is 59.6 Å². The quantitative estimate of drug-likeness (QED) is 0.866. The minimum atomic E-state index is 0.395. The molecule has 1 N–H and O–H groups in total. The minimum absolute atomic E-state index is 0.395. The van der Waals surface area contributed by atoms with Crippen LogP contribution in [0.15, 0.2) is 41.9 Å². The van der Waals surface area contributed by atoms with Crippen LogP contribution in [-0.4, -0.2) is 30.5 Å². The third-order valence-corrected chi connectivity index (χ3v) is 3.68. The van der Waals surface area contributed by atoms with E-state index in [1.54, 1.807) is 11.3 Å². The molecule has 0 bridgehead atoms. The van der Waals surface area contributed by atoms with Crippen molar-refractivity contribution in [1.29, 1.82) is 0 Å². The third-order valence-electron chi connectivity index (χ3n) is 2.91. The predicted molar refractivity (Wildman–Crippen MR) is 76.7 cm³/mol. The Morgan fingerprint density at radius 1 is 1.28 bits per heavy atom. The Morgan fingerprint density at radius 2 is 2.06 bits per heavy atom. The fraction of sp³-hybridized carbons (Fsp3) is 0.357. The normalized spacial score (nSPS) is 12.8. The Kier molecular flexibility index (Phi) is 4.87. The molecule has 0 aliphatic rings. The number of thiazole rings is 1. The highest BCUT2D eigenvalue weighted by Gasteiger charge is 2.13. The zero-order chi connectivity index (χ0) is 12.8. The van der Waals surface area contributed by atoms with Crippen molar-refractivity contribution in [2.24, 2.45) is 0 Å². The Balaban J connectivity index is 1.91. The summed E-state index contributed by atoms with van der Waals surface area (Å²) >= 11 is 1.69. The molecule has 96 valence electrons. The van der Waals surface area contributed by atoms with Gasteiger partial charge in [0, 0.05) is 30.7 Å². The summed E-state index contributed by atoms with van der Waals surface area (Å²) in [7, 11) is 4.23. The van der Waals surface area contributed by atoms with E-state index in [4.69, 9.17) is 0 Å². The van der Waals surface area contributed by atoms with Crippen LogP contribution in [0.2, 0.25) is 0 Å². The van der Waals surface area contributed by atoms with E-state index in [9.17, 15) is 0 Å². The summed E-state index contributed by atoms with van der Waals surface area (Å²) in [6.07, 6.45) is 1.85. The van der Waals surface area contributed by atoms with Crippen LogP contribution in [-0.2, 0) is 6.54 Å². The van der Waals surface area contributed by atoms with Crippen LogP contribution >= 0.6 is 11.3 Å². The van der Waals surface area contributed by atoms with Crippen molar-refractivity contribution in [3.8, 4) is 0 Å². The molecular weight excluding hydrogens is 242 g/mol. The van der Waals surface area contributed by atoms with Gasteiger partial charge in [0.1, 0.15) is 5.01 Å². The van der Waals surface area contributed by atoms with Gasteiger partial charge in [0.15, 0.2) is 0 Å². The van der Waals surface area contributed by atoms with Gasteiger partial charge in [-0.25, -0.2) is 4.98 Å². The van der Waals surface area contributed by atoms with Crippen molar-refractivity contribution in [3.05, 3.63) is 52.5 Å². The van der Waals surface area contributed by atoms with Gasteiger partial charge in [-0.1, -0.05) is 30.3 Å². The first-order chi connectivity index (χ1) is 8.77. The lowest BCUT2D eigenvalue weighted by Crippen LogP contribution is -2.30. The van der Waals surface area contributed by atoms with Crippen LogP contribution in [0.4, 0.5) is 0 Å². The second-order valence-electron chi connectivity index (χ2n) is 4.45. The molecule has 0 radical (unpaired) electrons. The van der Waals surface area contributed by atoms with Gasteiger partial charge in [0.05, 0.1) is 0 Å². The van der Waals surface area contributed by atoms with Gasteiger partial charge in [-0.2, -0.15) is 0 Å². The summed E-state index contributed by atoms with van der Waals surface area (Å²) in [6.45, 7) is 1.77. The molecule has 0 saturated heterocycles. The van der Waals surface area contributed by atoms with Gasteiger partial charge in [-0.3, -0.25) is 0 Å². The highest BCUT2D eigenvalue weighted by molar-refractivity contribution is 7.09. The molecule has 2 rings (SSSR count). The molecule has 0 aliphatic heterocycles. The van der Waals surface area contributed by atoms with Crippen molar-refractivity contribution in [2.45, 2.75) is 12.6 Å². The number of benzene rings is 1. The van der Waals surface area contributed by atoms with E-state index in [1.807, 2.05) is 11.6 Å². The number of aromatic nitrogens is 1. The van der Waals surface area contributed by atoms with Crippen molar-refractivity contribution < 1.29 is 0 Å². The van der Waals surface area contributed by atoms with E-state index in [0.29, 0.717) is 6.04 Å². The van der Waals surface area contributed by atoms with Crippen molar-refractivity contribution in [1.82, 2.24) is 15.2 Å². The molecule has 0 spiro atoms. The smallest absolute Gasteiger partial charge is 0.106 e. The molecule has 0 saturated carbocycles. The number of rotatable bonds is 6. The number of nitrogens with one attached hydrogen (secondary N) is 1. The predicted octanol–water partition coefficient (Wildman–Crippen LogP) is 2.54. The summed E-state index contributed by atoms with van der Waals surface area (Å²) in [5.41, 5.74) is 1.34. The van der Waals surface area contributed by atoms with E-state index in [1.165, 1.54) is 5.56 Å². The summed E-state index contributed by atoms with van der Waals surface area (Å²) in [6, 6.07) is 11.0. The molecule has 3 nitrogen and oxygen atoms in total. The van der Waals surface area contributed by atoms with Crippen LogP contribution in [0.3, 0.4) is 0 Å². The second kappa shape index (κ2) is 6.64. The van der Waals surface area contributed by atoms with E-state index >= 15 is 0 Å². The Hall–Kier alpha value is -1.23. The number of hydrogen-bond acceptors (Lipinski definition) is 4. The number of hydrogen-bond donors (Lipinski definition) is 1.